The molecule has 0 spiro atoms. The van der Waals surface area contributed by atoms with Crippen molar-refractivity contribution in [3.05, 3.63) is 0 Å². The van der Waals surface area contributed by atoms with Crippen molar-refractivity contribution in [2.75, 3.05) is 39.6 Å². The topological polar surface area (TPSA) is 237 Å². The van der Waals surface area contributed by atoms with Gasteiger partial charge in [-0.25, -0.2) is 9.13 Å². The van der Waals surface area contributed by atoms with Gasteiger partial charge in [0, 0.05) is 25.7 Å². The normalized spacial score (nSPS) is 14.1. The van der Waals surface area contributed by atoms with E-state index in [0.717, 1.165) is 108 Å². The van der Waals surface area contributed by atoms with Crippen molar-refractivity contribution in [3.8, 4) is 0 Å². The molecule has 0 aliphatic heterocycles. The minimum absolute atomic E-state index is 0.107. The number of phosphoric ester groups is 2. The molecule has 5 atom stereocenters. The van der Waals surface area contributed by atoms with Crippen LogP contribution < -0.4 is 0 Å². The number of aliphatic hydroxyl groups is 1. The van der Waals surface area contributed by atoms with Crippen molar-refractivity contribution in [2.24, 2.45) is 17.8 Å². The van der Waals surface area contributed by atoms with E-state index in [-0.39, 0.29) is 25.7 Å². The zero-order chi connectivity index (χ0) is 70.1. The first-order chi connectivity index (χ1) is 45.7. The Kier molecular flexibility index (Phi) is 65.2. The Bertz CT molecular complexity index is 1850. The number of esters is 4. The van der Waals surface area contributed by atoms with Crippen molar-refractivity contribution in [1.29, 1.82) is 0 Å². The summed E-state index contributed by atoms with van der Waals surface area (Å²) in [6.45, 7) is 11.9. The third kappa shape index (κ3) is 70.3. The van der Waals surface area contributed by atoms with Gasteiger partial charge >= 0.3 is 39.5 Å². The van der Waals surface area contributed by atoms with E-state index in [2.05, 4.69) is 48.5 Å². The van der Waals surface area contributed by atoms with Crippen LogP contribution >= 0.6 is 15.6 Å². The van der Waals surface area contributed by atoms with Gasteiger partial charge < -0.3 is 33.8 Å². The lowest BCUT2D eigenvalue weighted by Gasteiger charge is -2.21. The van der Waals surface area contributed by atoms with Crippen LogP contribution in [0.2, 0.25) is 0 Å². The molecule has 0 saturated carbocycles. The van der Waals surface area contributed by atoms with E-state index < -0.39 is 97.5 Å². The van der Waals surface area contributed by atoms with E-state index in [0.29, 0.717) is 25.7 Å². The molecule has 0 aromatic rings. The molecular weight excluding hydrogens is 1250 g/mol. The molecule has 17 nitrogen and oxygen atoms in total. The number of hydrogen-bond donors (Lipinski definition) is 3. The fraction of sp³-hybridized carbons (Fsp3) is 0.947. The molecule has 0 radical (unpaired) electrons. The van der Waals surface area contributed by atoms with Crippen LogP contribution in [0.1, 0.15) is 389 Å². The Labute approximate surface area is 581 Å². The highest BCUT2D eigenvalue weighted by Gasteiger charge is 2.30. The molecule has 564 valence electrons. The molecule has 0 fully saturated rings. The van der Waals surface area contributed by atoms with Gasteiger partial charge in [-0.2, -0.15) is 0 Å². The largest absolute Gasteiger partial charge is 0.472 e. The smallest absolute Gasteiger partial charge is 0.462 e. The predicted molar refractivity (Wildman–Crippen MR) is 386 cm³/mol. The number of hydrogen-bond acceptors (Lipinski definition) is 15. The Morgan fingerprint density at radius 1 is 0.284 bits per heavy atom. The van der Waals surface area contributed by atoms with Crippen LogP contribution in [0.5, 0.6) is 0 Å². The molecule has 2 unspecified atom stereocenters. The first-order valence-corrected chi connectivity index (χ1v) is 42.3. The maximum atomic E-state index is 13.1. The Balaban J connectivity index is 5.27. The van der Waals surface area contributed by atoms with E-state index in [1.807, 2.05) is 0 Å². The summed E-state index contributed by atoms with van der Waals surface area (Å²) in [5, 5.41) is 10.6. The summed E-state index contributed by atoms with van der Waals surface area (Å²) in [5.41, 5.74) is 0. The van der Waals surface area contributed by atoms with Crippen LogP contribution in [0, 0.1) is 17.8 Å². The summed E-state index contributed by atoms with van der Waals surface area (Å²) in [7, 11) is -9.91. The molecule has 0 aromatic carbocycles. The minimum Gasteiger partial charge on any atom is -0.462 e. The first-order valence-electron chi connectivity index (χ1n) is 39.3. The molecular formula is C76H148O17P2. The molecule has 3 N–H and O–H groups in total. The van der Waals surface area contributed by atoms with E-state index in [1.54, 1.807) is 0 Å². The standard InChI is InChI=1S/C76H148O17P2/c1-8-9-10-11-12-13-14-15-16-22-30-38-45-52-59-75(80)93-72(64-87-74(79)58-51-44-37-32-25-28-35-42-49-56-69(6)7)66-91-95(84,85)89-62-70(77)61-88-94(82,83)90-65-71(63-86-73(78)57-50-43-36-29-24-19-21-27-34-41-48-55-68(4)5)92-76(81)60-53-46-39-31-23-18-17-20-26-33-40-47-54-67(2)3/h67-72,77H,8-66H2,1-7H3,(H,82,83)(H,84,85)/t70-,71-,72-/m1/s1. The highest BCUT2D eigenvalue weighted by molar-refractivity contribution is 7.47. The van der Waals surface area contributed by atoms with E-state index in [4.69, 9.17) is 37.0 Å². The summed E-state index contributed by atoms with van der Waals surface area (Å²) < 4.78 is 68.6. The summed E-state index contributed by atoms with van der Waals surface area (Å²) in [4.78, 5) is 72.9. The molecule has 0 aliphatic rings. The molecule has 0 amide bonds. The molecule has 0 saturated heterocycles. The third-order valence-electron chi connectivity index (χ3n) is 17.6. The third-order valence-corrected chi connectivity index (χ3v) is 19.5. The van der Waals surface area contributed by atoms with Crippen molar-refractivity contribution in [1.82, 2.24) is 0 Å². The monoisotopic (exact) mass is 1400 g/mol. The van der Waals surface area contributed by atoms with Gasteiger partial charge in [-0.3, -0.25) is 37.3 Å². The highest BCUT2D eigenvalue weighted by atomic mass is 31.2. The van der Waals surface area contributed by atoms with Crippen molar-refractivity contribution >= 4 is 39.5 Å². The number of aliphatic hydroxyl groups excluding tert-OH is 1. The fourth-order valence-corrected chi connectivity index (χ4v) is 13.2. The van der Waals surface area contributed by atoms with Gasteiger partial charge in [0.2, 0.25) is 0 Å². The lowest BCUT2D eigenvalue weighted by atomic mass is 10.0. The van der Waals surface area contributed by atoms with E-state index in [1.165, 1.54) is 199 Å². The summed E-state index contributed by atoms with van der Waals surface area (Å²) in [5.74, 6) is 0.176. The Hall–Kier alpha value is -1.94. The first kappa shape index (κ1) is 93.1. The van der Waals surface area contributed by atoms with Gasteiger partial charge in [0.1, 0.15) is 19.3 Å². The fourth-order valence-electron chi connectivity index (χ4n) is 11.6. The lowest BCUT2D eigenvalue weighted by Crippen LogP contribution is -2.30. The summed E-state index contributed by atoms with van der Waals surface area (Å²) in [6, 6.07) is 0. The highest BCUT2D eigenvalue weighted by Crippen LogP contribution is 2.45. The summed E-state index contributed by atoms with van der Waals surface area (Å²) >= 11 is 0. The molecule has 95 heavy (non-hydrogen) atoms. The maximum absolute atomic E-state index is 13.1. The van der Waals surface area contributed by atoms with Crippen LogP contribution in [0.25, 0.3) is 0 Å². The van der Waals surface area contributed by atoms with Crippen molar-refractivity contribution < 1.29 is 80.2 Å². The van der Waals surface area contributed by atoms with Gasteiger partial charge in [-0.1, -0.05) is 337 Å². The lowest BCUT2D eigenvalue weighted by molar-refractivity contribution is -0.161. The quantitative estimate of drug-likeness (QED) is 0.0222. The van der Waals surface area contributed by atoms with Gasteiger partial charge in [-0.15, -0.1) is 0 Å². The average molecular weight is 1400 g/mol. The maximum Gasteiger partial charge on any atom is 0.472 e. The number of ether oxygens (including phenoxy) is 4. The van der Waals surface area contributed by atoms with E-state index in [9.17, 15) is 43.2 Å². The molecule has 0 bridgehead atoms. The van der Waals surface area contributed by atoms with E-state index >= 15 is 0 Å². The molecule has 0 aromatic heterocycles. The minimum atomic E-state index is -4.96. The van der Waals surface area contributed by atoms with Gasteiger partial charge in [-0.05, 0) is 43.4 Å². The second kappa shape index (κ2) is 66.6. The molecule has 0 aliphatic carbocycles. The second-order valence-electron chi connectivity index (χ2n) is 28.8. The number of phosphoric acid groups is 2. The Morgan fingerprint density at radius 3 is 0.716 bits per heavy atom. The molecule has 19 heteroatoms. The number of carbonyl (C=O) groups is 4. The van der Waals surface area contributed by atoms with Crippen LogP contribution in [-0.4, -0.2) is 96.7 Å². The number of carbonyl (C=O) groups excluding carboxylic acids is 4. The average Bonchev–Trinajstić information content (AvgIpc) is 1.69. The van der Waals surface area contributed by atoms with Gasteiger partial charge in [0.15, 0.2) is 12.2 Å². The van der Waals surface area contributed by atoms with Gasteiger partial charge in [0.25, 0.3) is 0 Å². The van der Waals surface area contributed by atoms with Crippen molar-refractivity contribution in [2.45, 2.75) is 407 Å². The zero-order valence-corrected chi connectivity index (χ0v) is 63.9. The second-order valence-corrected chi connectivity index (χ2v) is 31.7. The van der Waals surface area contributed by atoms with Crippen molar-refractivity contribution in [3.63, 3.8) is 0 Å². The van der Waals surface area contributed by atoms with Crippen LogP contribution in [-0.2, 0) is 65.4 Å². The SMILES string of the molecule is CCCCCCCCCCCCCCCCC(=O)O[C@H](COC(=O)CCCCCCCCCCCC(C)C)COP(=O)(O)OC[C@H](O)COP(=O)(O)OC[C@@H](COC(=O)CCCCCCCCCCCCCC(C)C)OC(=O)CCCCCCCCCCCCCCC(C)C. The zero-order valence-electron chi connectivity index (χ0n) is 62.1. The summed E-state index contributed by atoms with van der Waals surface area (Å²) in [6.07, 6.45) is 52.6. The molecule has 0 rings (SSSR count). The van der Waals surface area contributed by atoms with Crippen LogP contribution in [0.3, 0.4) is 0 Å². The van der Waals surface area contributed by atoms with Crippen LogP contribution in [0.4, 0.5) is 0 Å². The van der Waals surface area contributed by atoms with Crippen LogP contribution in [0.15, 0.2) is 0 Å². The Morgan fingerprint density at radius 2 is 0.484 bits per heavy atom. The predicted octanol–water partition coefficient (Wildman–Crippen LogP) is 22.2. The van der Waals surface area contributed by atoms with Gasteiger partial charge in [0.05, 0.1) is 26.4 Å². The molecule has 0 heterocycles. The number of unbranched alkanes of at least 4 members (excludes halogenated alkanes) is 42. The number of rotatable bonds is 74.